The highest BCUT2D eigenvalue weighted by molar-refractivity contribution is 5.97. The molecule has 2 aromatic carbocycles. The summed E-state index contributed by atoms with van der Waals surface area (Å²) in [4.78, 5) is 33.5. The molecule has 3 aromatic rings. The number of piperazine rings is 1. The lowest BCUT2D eigenvalue weighted by molar-refractivity contribution is -0.117. The lowest BCUT2D eigenvalue weighted by Gasteiger charge is -2.34. The summed E-state index contributed by atoms with van der Waals surface area (Å²) in [5.41, 5.74) is 2.42. The van der Waals surface area contributed by atoms with E-state index < -0.39 is 0 Å². The summed E-state index contributed by atoms with van der Waals surface area (Å²) in [7, 11) is 0. The van der Waals surface area contributed by atoms with Crippen LogP contribution in [0.2, 0.25) is 0 Å². The lowest BCUT2D eigenvalue weighted by Crippen LogP contribution is -2.50. The Hall–Kier alpha value is -3.72. The first-order chi connectivity index (χ1) is 16.0. The second kappa shape index (κ2) is 10.3. The Kier molecular flexibility index (Phi) is 6.99. The first-order valence-electron chi connectivity index (χ1n) is 10.9. The molecule has 172 valence electrons. The molecule has 0 atom stereocenters. The molecule has 1 saturated heterocycles. The summed E-state index contributed by atoms with van der Waals surface area (Å²) >= 11 is 0. The van der Waals surface area contributed by atoms with Crippen molar-refractivity contribution in [1.82, 2.24) is 19.9 Å². The van der Waals surface area contributed by atoms with Crippen LogP contribution in [-0.4, -0.2) is 64.5 Å². The van der Waals surface area contributed by atoms with Gasteiger partial charge < -0.3 is 19.5 Å². The Morgan fingerprint density at radius 3 is 2.45 bits per heavy atom. The quantitative estimate of drug-likeness (QED) is 0.592. The predicted molar refractivity (Wildman–Crippen MR) is 122 cm³/mol. The molecular weight excluding hydrogens is 422 g/mol. The van der Waals surface area contributed by atoms with Crippen LogP contribution in [-0.2, 0) is 11.4 Å². The van der Waals surface area contributed by atoms with Gasteiger partial charge >= 0.3 is 0 Å². The average molecular weight is 450 g/mol. The number of aromatic nitrogens is 2. The highest BCUT2D eigenvalue weighted by atomic mass is 16.5. The molecule has 0 radical (unpaired) electrons. The van der Waals surface area contributed by atoms with Gasteiger partial charge in [-0.2, -0.15) is 4.98 Å². The van der Waals surface area contributed by atoms with Crippen LogP contribution in [0.15, 0.2) is 53.1 Å². The summed E-state index contributed by atoms with van der Waals surface area (Å²) in [5, 5.41) is 6.73. The van der Waals surface area contributed by atoms with Crippen LogP contribution >= 0.6 is 0 Å². The fraction of sp³-hybridized carbons (Fsp3) is 0.333. The molecular formula is C24H27N5O4. The van der Waals surface area contributed by atoms with Crippen molar-refractivity contribution in [1.29, 1.82) is 0 Å². The molecule has 1 aliphatic heterocycles. The van der Waals surface area contributed by atoms with Gasteiger partial charge in [-0.25, -0.2) is 0 Å². The third-order valence-corrected chi connectivity index (χ3v) is 5.41. The number of hydrogen-bond donors (Lipinski definition) is 1. The number of carbonyl (C=O) groups excluding carboxylic acids is 2. The third-order valence-electron chi connectivity index (χ3n) is 5.41. The van der Waals surface area contributed by atoms with E-state index >= 15 is 0 Å². The molecule has 2 heterocycles. The molecule has 4 rings (SSSR count). The molecule has 0 unspecified atom stereocenters. The molecule has 1 fully saturated rings. The van der Waals surface area contributed by atoms with Crippen molar-refractivity contribution >= 4 is 17.5 Å². The van der Waals surface area contributed by atoms with Crippen LogP contribution in [0, 0.1) is 13.8 Å². The Morgan fingerprint density at radius 2 is 1.76 bits per heavy atom. The Morgan fingerprint density at radius 1 is 1.03 bits per heavy atom. The minimum absolute atomic E-state index is 0.0610. The normalized spacial score (nSPS) is 14.2. The monoisotopic (exact) mass is 449 g/mol. The van der Waals surface area contributed by atoms with Gasteiger partial charge in [0.15, 0.2) is 6.61 Å². The van der Waals surface area contributed by atoms with E-state index in [-0.39, 0.29) is 18.4 Å². The number of rotatable bonds is 7. The van der Waals surface area contributed by atoms with E-state index in [0.29, 0.717) is 55.8 Å². The largest absolute Gasteiger partial charge is 0.485 e. The van der Waals surface area contributed by atoms with Crippen molar-refractivity contribution in [3.8, 4) is 5.75 Å². The molecule has 0 aliphatic carbocycles. The van der Waals surface area contributed by atoms with Gasteiger partial charge in [0.2, 0.25) is 17.6 Å². The van der Waals surface area contributed by atoms with Crippen molar-refractivity contribution < 1.29 is 18.8 Å². The van der Waals surface area contributed by atoms with Gasteiger partial charge in [-0.3, -0.25) is 14.5 Å². The van der Waals surface area contributed by atoms with E-state index in [1.807, 2.05) is 48.2 Å². The van der Waals surface area contributed by atoms with Gasteiger partial charge in [-0.1, -0.05) is 35.0 Å². The molecule has 1 aliphatic rings. The zero-order valence-corrected chi connectivity index (χ0v) is 18.8. The SMILES string of the molecule is Cc1ccc(NC(=O)CN2CCN(C(=O)c3ccccc3OCc3noc(C)n3)CC2)cc1. The maximum absolute atomic E-state index is 13.1. The molecule has 0 spiro atoms. The maximum Gasteiger partial charge on any atom is 0.257 e. The van der Waals surface area contributed by atoms with Crippen molar-refractivity contribution in [3.05, 3.63) is 71.4 Å². The Balaban J connectivity index is 1.29. The van der Waals surface area contributed by atoms with Crippen LogP contribution in [0.4, 0.5) is 5.69 Å². The number of anilines is 1. The van der Waals surface area contributed by atoms with Gasteiger partial charge in [0.1, 0.15) is 5.75 Å². The Bertz CT molecular complexity index is 1100. The molecule has 1 aromatic heterocycles. The smallest absolute Gasteiger partial charge is 0.257 e. The van der Waals surface area contributed by atoms with E-state index in [1.165, 1.54) is 0 Å². The zero-order chi connectivity index (χ0) is 23.2. The molecule has 2 amide bonds. The van der Waals surface area contributed by atoms with Gasteiger partial charge in [0.05, 0.1) is 12.1 Å². The minimum atomic E-state index is -0.0985. The van der Waals surface area contributed by atoms with Crippen LogP contribution in [0.3, 0.4) is 0 Å². The lowest BCUT2D eigenvalue weighted by atomic mass is 10.1. The number of aryl methyl sites for hydroxylation is 2. The second-order valence-corrected chi connectivity index (χ2v) is 8.00. The number of carbonyl (C=O) groups is 2. The van der Waals surface area contributed by atoms with Crippen molar-refractivity contribution in [2.24, 2.45) is 0 Å². The van der Waals surface area contributed by atoms with Crippen LogP contribution < -0.4 is 10.1 Å². The van der Waals surface area contributed by atoms with Crippen LogP contribution in [0.1, 0.15) is 27.6 Å². The summed E-state index contributed by atoms with van der Waals surface area (Å²) < 4.78 is 10.7. The number of nitrogens with zero attached hydrogens (tertiary/aromatic N) is 4. The number of amides is 2. The summed E-state index contributed by atoms with van der Waals surface area (Å²) in [5.74, 6) is 1.20. The first-order valence-corrected chi connectivity index (χ1v) is 10.9. The fourth-order valence-electron chi connectivity index (χ4n) is 3.63. The second-order valence-electron chi connectivity index (χ2n) is 8.00. The van der Waals surface area contributed by atoms with E-state index in [4.69, 9.17) is 9.26 Å². The molecule has 0 saturated carbocycles. The summed E-state index contributed by atoms with van der Waals surface area (Å²) in [6.07, 6.45) is 0. The minimum Gasteiger partial charge on any atom is -0.485 e. The van der Waals surface area contributed by atoms with Gasteiger partial charge in [-0.05, 0) is 31.2 Å². The summed E-state index contributed by atoms with van der Waals surface area (Å²) in [6, 6.07) is 14.8. The highest BCUT2D eigenvalue weighted by Gasteiger charge is 2.25. The Labute approximate surface area is 192 Å². The van der Waals surface area contributed by atoms with E-state index in [2.05, 4.69) is 15.5 Å². The number of benzene rings is 2. The van der Waals surface area contributed by atoms with Crippen molar-refractivity contribution in [2.75, 3.05) is 38.0 Å². The number of hydrogen-bond acceptors (Lipinski definition) is 7. The van der Waals surface area contributed by atoms with Crippen LogP contribution in [0.25, 0.3) is 0 Å². The fourth-order valence-corrected chi connectivity index (χ4v) is 3.63. The average Bonchev–Trinajstić information content (AvgIpc) is 3.24. The predicted octanol–water partition coefficient (Wildman–Crippen LogP) is 2.66. The maximum atomic E-state index is 13.1. The highest BCUT2D eigenvalue weighted by Crippen LogP contribution is 2.22. The number of para-hydroxylation sites is 1. The molecule has 9 nitrogen and oxygen atoms in total. The van der Waals surface area contributed by atoms with Crippen molar-refractivity contribution in [3.63, 3.8) is 0 Å². The van der Waals surface area contributed by atoms with E-state index in [0.717, 1.165) is 11.3 Å². The standard InChI is InChI=1S/C24H27N5O4/c1-17-7-9-19(10-8-17)26-23(30)15-28-11-13-29(14-12-28)24(31)20-5-3-4-6-21(20)32-16-22-25-18(2)33-27-22/h3-10H,11-16H2,1-2H3,(H,26,30). The first kappa shape index (κ1) is 22.5. The van der Waals surface area contributed by atoms with Gasteiger partial charge in [0, 0.05) is 38.8 Å². The summed E-state index contributed by atoms with van der Waals surface area (Å²) in [6.45, 7) is 6.44. The van der Waals surface area contributed by atoms with Gasteiger partial charge in [-0.15, -0.1) is 0 Å². The molecule has 1 N–H and O–H groups in total. The van der Waals surface area contributed by atoms with Crippen LogP contribution in [0.5, 0.6) is 5.75 Å². The van der Waals surface area contributed by atoms with E-state index in [1.54, 1.807) is 24.0 Å². The third kappa shape index (κ3) is 5.95. The van der Waals surface area contributed by atoms with E-state index in [9.17, 15) is 9.59 Å². The molecule has 33 heavy (non-hydrogen) atoms. The van der Waals surface area contributed by atoms with Gasteiger partial charge in [0.25, 0.3) is 5.91 Å². The molecule has 9 heteroatoms. The number of ether oxygens (including phenoxy) is 1. The zero-order valence-electron chi connectivity index (χ0n) is 18.8. The van der Waals surface area contributed by atoms with Crippen molar-refractivity contribution in [2.45, 2.75) is 20.5 Å². The number of nitrogens with one attached hydrogen (secondary N) is 1. The molecule has 0 bridgehead atoms. The topological polar surface area (TPSA) is 101 Å².